The number of rotatable bonds is 7. The molecule has 1 aliphatic rings. The molecule has 140 valence electrons. The number of carbonyl (C=O) groups is 2. The lowest BCUT2D eigenvalue weighted by Crippen LogP contribution is -2.45. The number of para-hydroxylation sites is 1. The predicted octanol–water partition coefficient (Wildman–Crippen LogP) is 3.82. The quantitative estimate of drug-likeness (QED) is 0.767. The van der Waals surface area contributed by atoms with Crippen LogP contribution in [0.2, 0.25) is 0 Å². The summed E-state index contributed by atoms with van der Waals surface area (Å²) in [5.74, 6) is -0.343. The second-order valence-corrected chi connectivity index (χ2v) is 7.02. The molecule has 5 nitrogen and oxygen atoms in total. The Morgan fingerprint density at radius 1 is 1.27 bits per heavy atom. The first-order valence-corrected chi connectivity index (χ1v) is 9.69. The van der Waals surface area contributed by atoms with E-state index in [0.29, 0.717) is 12.5 Å². The van der Waals surface area contributed by atoms with Crippen molar-refractivity contribution in [2.75, 3.05) is 13.2 Å². The zero-order valence-corrected chi connectivity index (χ0v) is 15.5. The lowest BCUT2D eigenvalue weighted by atomic mass is 10.00. The Labute approximate surface area is 154 Å². The number of hydrogen-bond donors (Lipinski definition) is 1. The zero-order valence-electron chi connectivity index (χ0n) is 15.5. The van der Waals surface area contributed by atoms with Gasteiger partial charge in [-0.25, -0.2) is 0 Å². The van der Waals surface area contributed by atoms with Gasteiger partial charge >= 0.3 is 5.97 Å². The van der Waals surface area contributed by atoms with Crippen molar-refractivity contribution in [3.05, 3.63) is 36.0 Å². The van der Waals surface area contributed by atoms with Gasteiger partial charge in [-0.1, -0.05) is 25.1 Å². The maximum atomic E-state index is 12.3. The Morgan fingerprint density at radius 2 is 2.12 bits per heavy atom. The van der Waals surface area contributed by atoms with E-state index in [1.165, 1.54) is 17.4 Å². The van der Waals surface area contributed by atoms with E-state index in [4.69, 9.17) is 4.74 Å². The van der Waals surface area contributed by atoms with Crippen molar-refractivity contribution in [3.8, 4) is 0 Å². The molecule has 1 aromatic heterocycles. The van der Waals surface area contributed by atoms with Crippen LogP contribution in [0, 0.1) is 0 Å². The molecule has 26 heavy (non-hydrogen) atoms. The average molecular weight is 356 g/mol. The molecular formula is C21H28N2O3. The van der Waals surface area contributed by atoms with Gasteiger partial charge in [0, 0.05) is 36.1 Å². The summed E-state index contributed by atoms with van der Waals surface area (Å²) >= 11 is 0. The van der Waals surface area contributed by atoms with E-state index >= 15 is 0 Å². The number of carbonyl (C=O) groups excluding carboxylic acids is 2. The van der Waals surface area contributed by atoms with E-state index in [0.717, 1.165) is 44.2 Å². The number of piperidine rings is 1. The number of likely N-dealkylation sites (tertiary alicyclic amines) is 1. The van der Waals surface area contributed by atoms with Crippen molar-refractivity contribution in [3.63, 3.8) is 0 Å². The predicted molar refractivity (Wildman–Crippen MR) is 102 cm³/mol. The SMILES string of the molecule is CC[C@H]1CCCCN1C(=O)COC(=O)CCCc1c[nH]c2ccccc12. The van der Waals surface area contributed by atoms with Gasteiger partial charge in [-0.2, -0.15) is 0 Å². The molecule has 5 heteroatoms. The molecule has 2 aromatic rings. The van der Waals surface area contributed by atoms with Crippen molar-refractivity contribution in [2.24, 2.45) is 0 Å². The first-order valence-electron chi connectivity index (χ1n) is 9.69. The van der Waals surface area contributed by atoms with Crippen LogP contribution in [0.1, 0.15) is 51.0 Å². The van der Waals surface area contributed by atoms with E-state index in [-0.39, 0.29) is 18.5 Å². The number of esters is 1. The average Bonchev–Trinajstić information content (AvgIpc) is 3.09. The molecular weight excluding hydrogens is 328 g/mol. The van der Waals surface area contributed by atoms with Crippen LogP contribution < -0.4 is 0 Å². The van der Waals surface area contributed by atoms with Gasteiger partial charge in [0.1, 0.15) is 0 Å². The van der Waals surface area contributed by atoms with Crippen LogP contribution in [0.5, 0.6) is 0 Å². The van der Waals surface area contributed by atoms with E-state index in [1.807, 2.05) is 29.3 Å². The van der Waals surface area contributed by atoms with Gasteiger partial charge in [0.2, 0.25) is 0 Å². The second kappa shape index (κ2) is 8.88. The van der Waals surface area contributed by atoms with E-state index in [2.05, 4.69) is 18.0 Å². The van der Waals surface area contributed by atoms with Crippen LogP contribution in [0.3, 0.4) is 0 Å². The first kappa shape index (κ1) is 18.5. The standard InChI is InChI=1S/C21H28N2O3/c1-2-17-9-5-6-13-23(17)20(24)15-26-21(25)12-7-8-16-14-22-19-11-4-3-10-18(16)19/h3-4,10-11,14,17,22H,2,5-9,12-13,15H2,1H3/t17-/m0/s1. The highest BCUT2D eigenvalue weighted by Crippen LogP contribution is 2.20. The summed E-state index contributed by atoms with van der Waals surface area (Å²) in [7, 11) is 0. The molecule has 1 amide bonds. The fourth-order valence-electron chi connectivity index (χ4n) is 3.81. The van der Waals surface area contributed by atoms with E-state index in [9.17, 15) is 9.59 Å². The zero-order chi connectivity index (χ0) is 18.4. The Bertz CT molecular complexity index is 753. The number of fused-ring (bicyclic) bond motifs is 1. The fourth-order valence-corrected chi connectivity index (χ4v) is 3.81. The largest absolute Gasteiger partial charge is 0.456 e. The topological polar surface area (TPSA) is 62.4 Å². The number of nitrogens with one attached hydrogen (secondary N) is 1. The number of ether oxygens (including phenoxy) is 1. The summed E-state index contributed by atoms with van der Waals surface area (Å²) in [6, 6.07) is 8.45. The van der Waals surface area contributed by atoms with Gasteiger partial charge in [-0.05, 0) is 50.2 Å². The lowest BCUT2D eigenvalue weighted by molar-refractivity contribution is -0.153. The van der Waals surface area contributed by atoms with Crippen molar-refractivity contribution in [1.29, 1.82) is 0 Å². The van der Waals surface area contributed by atoms with Crippen molar-refractivity contribution < 1.29 is 14.3 Å². The number of H-pyrrole nitrogens is 1. The molecule has 1 saturated heterocycles. The number of aromatic amines is 1. The van der Waals surface area contributed by atoms with E-state index < -0.39 is 0 Å². The molecule has 0 radical (unpaired) electrons. The van der Waals surface area contributed by atoms with Gasteiger partial charge in [0.05, 0.1) is 0 Å². The minimum Gasteiger partial charge on any atom is -0.456 e. The van der Waals surface area contributed by atoms with Crippen LogP contribution in [-0.4, -0.2) is 41.0 Å². The second-order valence-electron chi connectivity index (χ2n) is 7.02. The number of aryl methyl sites for hydroxylation is 1. The van der Waals surface area contributed by atoms with Gasteiger partial charge in [0.15, 0.2) is 6.61 Å². The van der Waals surface area contributed by atoms with Crippen molar-refractivity contribution in [2.45, 2.75) is 57.9 Å². The smallest absolute Gasteiger partial charge is 0.306 e. The summed E-state index contributed by atoms with van der Waals surface area (Å²) in [6.45, 7) is 2.77. The molecule has 2 heterocycles. The summed E-state index contributed by atoms with van der Waals surface area (Å²) < 4.78 is 5.22. The van der Waals surface area contributed by atoms with Crippen molar-refractivity contribution in [1.82, 2.24) is 9.88 Å². The number of nitrogens with zero attached hydrogens (tertiary/aromatic N) is 1. The third-order valence-corrected chi connectivity index (χ3v) is 5.28. The first-order chi connectivity index (χ1) is 12.7. The summed E-state index contributed by atoms with van der Waals surface area (Å²) in [6.07, 6.45) is 8.11. The summed E-state index contributed by atoms with van der Waals surface area (Å²) in [5.41, 5.74) is 2.33. The molecule has 0 saturated carbocycles. The Hall–Kier alpha value is -2.30. The normalized spacial score (nSPS) is 17.4. The van der Waals surface area contributed by atoms with Gasteiger partial charge in [-0.15, -0.1) is 0 Å². The highest BCUT2D eigenvalue weighted by atomic mass is 16.5. The molecule has 3 rings (SSSR count). The van der Waals surface area contributed by atoms with Crippen LogP contribution >= 0.6 is 0 Å². The molecule has 0 unspecified atom stereocenters. The molecule has 1 aromatic carbocycles. The van der Waals surface area contributed by atoms with Crippen molar-refractivity contribution >= 4 is 22.8 Å². The molecule has 0 spiro atoms. The maximum absolute atomic E-state index is 12.3. The lowest BCUT2D eigenvalue weighted by Gasteiger charge is -2.35. The molecule has 0 aliphatic carbocycles. The highest BCUT2D eigenvalue weighted by molar-refractivity contribution is 5.83. The number of hydrogen-bond acceptors (Lipinski definition) is 3. The third kappa shape index (κ3) is 4.45. The van der Waals surface area contributed by atoms with Crippen LogP contribution in [0.25, 0.3) is 10.9 Å². The molecule has 1 aliphatic heterocycles. The number of amides is 1. The van der Waals surface area contributed by atoms with E-state index in [1.54, 1.807) is 0 Å². The fraction of sp³-hybridized carbons (Fsp3) is 0.524. The molecule has 1 atom stereocenters. The molecule has 0 bridgehead atoms. The van der Waals surface area contributed by atoms with Crippen LogP contribution in [-0.2, 0) is 20.7 Å². The van der Waals surface area contributed by atoms with Gasteiger partial charge in [-0.3, -0.25) is 9.59 Å². The summed E-state index contributed by atoms with van der Waals surface area (Å²) in [5, 5.41) is 1.20. The monoisotopic (exact) mass is 356 g/mol. The Balaban J connectivity index is 1.41. The minimum absolute atomic E-state index is 0.0541. The summed E-state index contributed by atoms with van der Waals surface area (Å²) in [4.78, 5) is 29.4. The third-order valence-electron chi connectivity index (χ3n) is 5.28. The molecule has 1 N–H and O–H groups in total. The maximum Gasteiger partial charge on any atom is 0.306 e. The van der Waals surface area contributed by atoms with Gasteiger partial charge in [0.25, 0.3) is 5.91 Å². The van der Waals surface area contributed by atoms with Crippen LogP contribution in [0.15, 0.2) is 30.5 Å². The Morgan fingerprint density at radius 3 is 2.96 bits per heavy atom. The van der Waals surface area contributed by atoms with Gasteiger partial charge < -0.3 is 14.6 Å². The number of aromatic nitrogens is 1. The highest BCUT2D eigenvalue weighted by Gasteiger charge is 2.25. The Kier molecular flexibility index (Phi) is 6.31. The van der Waals surface area contributed by atoms with Crippen LogP contribution in [0.4, 0.5) is 0 Å². The number of benzene rings is 1. The minimum atomic E-state index is -0.289. The molecule has 1 fully saturated rings.